The summed E-state index contributed by atoms with van der Waals surface area (Å²) in [4.78, 5) is 11.7. The predicted octanol–water partition coefficient (Wildman–Crippen LogP) is 2.33. The number of halogens is 3. The van der Waals surface area contributed by atoms with E-state index in [1.54, 1.807) is 13.8 Å². The van der Waals surface area contributed by atoms with Gasteiger partial charge in [-0.3, -0.25) is 4.79 Å². The second kappa shape index (κ2) is 6.60. The molecule has 1 aromatic rings. The summed E-state index contributed by atoms with van der Waals surface area (Å²) in [7, 11) is 0. The Morgan fingerprint density at radius 2 is 2.05 bits per heavy atom. The van der Waals surface area contributed by atoms with Crippen molar-refractivity contribution >= 4 is 5.91 Å². The first kappa shape index (κ1) is 16.3. The van der Waals surface area contributed by atoms with Crippen molar-refractivity contribution in [3.05, 3.63) is 29.8 Å². The minimum Gasteiger partial charge on any atom is -0.406 e. The Hall–Kier alpha value is -1.76. The summed E-state index contributed by atoms with van der Waals surface area (Å²) in [6, 6.07) is 4.74. The van der Waals surface area contributed by atoms with Crippen LogP contribution >= 0.6 is 0 Å². The first-order valence-electron chi connectivity index (χ1n) is 6.01. The number of alkyl halides is 3. The molecular formula is C13H16F3NO3. The normalized spacial score (nSPS) is 13.2. The summed E-state index contributed by atoms with van der Waals surface area (Å²) in [6.45, 7) is 3.60. The van der Waals surface area contributed by atoms with Gasteiger partial charge >= 0.3 is 6.36 Å². The van der Waals surface area contributed by atoms with E-state index in [0.29, 0.717) is 0 Å². The average molecular weight is 291 g/mol. The lowest BCUT2D eigenvalue weighted by atomic mass is 10.1. The van der Waals surface area contributed by atoms with Crippen molar-refractivity contribution in [1.82, 2.24) is 5.32 Å². The van der Waals surface area contributed by atoms with Gasteiger partial charge in [-0.15, -0.1) is 13.2 Å². The van der Waals surface area contributed by atoms with Crippen molar-refractivity contribution < 1.29 is 27.8 Å². The molecule has 0 aliphatic rings. The molecule has 0 radical (unpaired) electrons. The van der Waals surface area contributed by atoms with Gasteiger partial charge in [0.15, 0.2) is 0 Å². The van der Waals surface area contributed by atoms with Gasteiger partial charge in [-0.1, -0.05) is 19.9 Å². The van der Waals surface area contributed by atoms with Crippen LogP contribution in [-0.2, 0) is 0 Å². The van der Waals surface area contributed by atoms with Crippen molar-refractivity contribution in [3.8, 4) is 5.75 Å². The van der Waals surface area contributed by atoms with Crippen LogP contribution < -0.4 is 10.1 Å². The number of carbonyl (C=O) groups is 1. The molecule has 4 nitrogen and oxygen atoms in total. The molecule has 1 aromatic carbocycles. The van der Waals surface area contributed by atoms with Crippen LogP contribution in [0.25, 0.3) is 0 Å². The quantitative estimate of drug-likeness (QED) is 0.875. The van der Waals surface area contributed by atoms with Gasteiger partial charge in [-0.25, -0.2) is 0 Å². The van der Waals surface area contributed by atoms with E-state index in [-0.39, 0.29) is 18.0 Å². The van der Waals surface area contributed by atoms with Crippen LogP contribution in [0.15, 0.2) is 24.3 Å². The summed E-state index contributed by atoms with van der Waals surface area (Å²) in [5, 5.41) is 12.0. The Balaban J connectivity index is 2.67. The molecular weight excluding hydrogens is 275 g/mol. The molecule has 0 spiro atoms. The first-order valence-corrected chi connectivity index (χ1v) is 6.01. The van der Waals surface area contributed by atoms with E-state index < -0.39 is 24.1 Å². The molecule has 0 aliphatic carbocycles. The highest BCUT2D eigenvalue weighted by molar-refractivity contribution is 5.94. The number of nitrogens with one attached hydrogen (secondary N) is 1. The maximum atomic E-state index is 12.1. The van der Waals surface area contributed by atoms with Crippen LogP contribution in [0.1, 0.15) is 24.2 Å². The minimum atomic E-state index is -4.80. The molecule has 1 amide bonds. The van der Waals surface area contributed by atoms with Gasteiger partial charge in [-0.2, -0.15) is 0 Å². The van der Waals surface area contributed by atoms with Gasteiger partial charge < -0.3 is 15.2 Å². The molecule has 1 rings (SSSR count). The van der Waals surface area contributed by atoms with Crippen molar-refractivity contribution in [2.24, 2.45) is 5.92 Å². The fourth-order valence-corrected chi connectivity index (χ4v) is 1.37. The Bertz CT molecular complexity index is 460. The fourth-order valence-electron chi connectivity index (χ4n) is 1.37. The lowest BCUT2D eigenvalue weighted by molar-refractivity contribution is -0.274. The zero-order chi connectivity index (χ0) is 15.3. The number of rotatable bonds is 5. The van der Waals surface area contributed by atoms with Crippen molar-refractivity contribution in [2.45, 2.75) is 26.3 Å². The van der Waals surface area contributed by atoms with Crippen LogP contribution in [0.4, 0.5) is 13.2 Å². The van der Waals surface area contributed by atoms with E-state index in [9.17, 15) is 23.1 Å². The van der Waals surface area contributed by atoms with E-state index in [2.05, 4.69) is 10.1 Å². The SMILES string of the molecule is CC(C)C(O)CNC(=O)c1cccc(OC(F)(F)F)c1. The fraction of sp³-hybridized carbons (Fsp3) is 0.462. The molecule has 7 heteroatoms. The standard InChI is InChI=1S/C13H16F3NO3/c1-8(2)11(18)7-17-12(19)9-4-3-5-10(6-9)20-13(14,15)16/h3-6,8,11,18H,7H2,1-2H3,(H,17,19). The van der Waals surface area contributed by atoms with Gasteiger partial charge in [0.2, 0.25) is 0 Å². The number of hydrogen-bond acceptors (Lipinski definition) is 3. The molecule has 112 valence electrons. The Morgan fingerprint density at radius 1 is 1.40 bits per heavy atom. The molecule has 20 heavy (non-hydrogen) atoms. The van der Waals surface area contributed by atoms with Crippen molar-refractivity contribution in [3.63, 3.8) is 0 Å². The lowest BCUT2D eigenvalue weighted by Gasteiger charge is -2.15. The van der Waals surface area contributed by atoms with Crippen LogP contribution in [0, 0.1) is 5.92 Å². The molecule has 2 N–H and O–H groups in total. The summed E-state index contributed by atoms with van der Waals surface area (Å²) < 4.78 is 39.9. The molecule has 0 aromatic heterocycles. The molecule has 0 saturated carbocycles. The predicted molar refractivity (Wildman–Crippen MR) is 66.3 cm³/mol. The second-order valence-electron chi connectivity index (χ2n) is 4.60. The van der Waals surface area contributed by atoms with Crippen molar-refractivity contribution in [2.75, 3.05) is 6.54 Å². The van der Waals surface area contributed by atoms with Gasteiger partial charge in [0.25, 0.3) is 5.91 Å². The van der Waals surface area contributed by atoms with E-state index in [4.69, 9.17) is 0 Å². The smallest absolute Gasteiger partial charge is 0.406 e. The van der Waals surface area contributed by atoms with Gasteiger partial charge in [0.05, 0.1) is 6.10 Å². The third-order valence-electron chi connectivity index (χ3n) is 2.57. The number of carbonyl (C=O) groups excluding carboxylic acids is 1. The zero-order valence-corrected chi connectivity index (χ0v) is 11.1. The molecule has 0 aliphatic heterocycles. The zero-order valence-electron chi connectivity index (χ0n) is 11.1. The monoisotopic (exact) mass is 291 g/mol. The van der Waals surface area contributed by atoms with Gasteiger partial charge in [0, 0.05) is 12.1 Å². The number of amides is 1. The highest BCUT2D eigenvalue weighted by atomic mass is 19.4. The highest BCUT2D eigenvalue weighted by Gasteiger charge is 2.31. The minimum absolute atomic E-state index is 0.0286. The average Bonchev–Trinajstić information content (AvgIpc) is 2.33. The Labute approximate surface area is 114 Å². The van der Waals surface area contributed by atoms with Gasteiger partial charge in [-0.05, 0) is 24.1 Å². The number of benzene rings is 1. The molecule has 0 bridgehead atoms. The molecule has 0 fully saturated rings. The second-order valence-corrected chi connectivity index (χ2v) is 4.60. The lowest BCUT2D eigenvalue weighted by Crippen LogP contribution is -2.34. The summed E-state index contributed by atoms with van der Waals surface area (Å²) >= 11 is 0. The van der Waals surface area contributed by atoms with Crippen LogP contribution in [0.2, 0.25) is 0 Å². The van der Waals surface area contributed by atoms with Crippen LogP contribution in [0.3, 0.4) is 0 Å². The first-order chi connectivity index (χ1) is 9.19. The van der Waals surface area contributed by atoms with E-state index >= 15 is 0 Å². The molecule has 0 saturated heterocycles. The number of ether oxygens (including phenoxy) is 1. The number of aliphatic hydroxyl groups is 1. The number of aliphatic hydroxyl groups excluding tert-OH is 1. The summed E-state index contributed by atoms with van der Waals surface area (Å²) in [5.74, 6) is -1.07. The third-order valence-corrected chi connectivity index (χ3v) is 2.57. The summed E-state index contributed by atoms with van der Waals surface area (Å²) in [5.41, 5.74) is 0.0303. The molecule has 0 heterocycles. The summed E-state index contributed by atoms with van der Waals surface area (Å²) in [6.07, 6.45) is -5.52. The van der Waals surface area contributed by atoms with E-state index in [1.807, 2.05) is 0 Å². The van der Waals surface area contributed by atoms with Gasteiger partial charge in [0.1, 0.15) is 5.75 Å². The van der Waals surface area contributed by atoms with Crippen LogP contribution in [0.5, 0.6) is 5.75 Å². The number of hydrogen-bond donors (Lipinski definition) is 2. The largest absolute Gasteiger partial charge is 0.573 e. The molecule has 1 atom stereocenters. The van der Waals surface area contributed by atoms with Crippen LogP contribution in [-0.4, -0.2) is 30.0 Å². The van der Waals surface area contributed by atoms with E-state index in [0.717, 1.165) is 12.1 Å². The Morgan fingerprint density at radius 3 is 2.60 bits per heavy atom. The van der Waals surface area contributed by atoms with Crippen molar-refractivity contribution in [1.29, 1.82) is 0 Å². The topological polar surface area (TPSA) is 58.6 Å². The maximum Gasteiger partial charge on any atom is 0.573 e. The maximum absolute atomic E-state index is 12.1. The Kier molecular flexibility index (Phi) is 5.38. The molecule has 1 unspecified atom stereocenters. The highest BCUT2D eigenvalue weighted by Crippen LogP contribution is 2.23. The third kappa shape index (κ3) is 5.48. The van der Waals surface area contributed by atoms with E-state index in [1.165, 1.54) is 12.1 Å².